The van der Waals surface area contributed by atoms with Crippen molar-refractivity contribution >= 4 is 0 Å². The summed E-state index contributed by atoms with van der Waals surface area (Å²) >= 11 is 0. The van der Waals surface area contributed by atoms with Gasteiger partial charge in [-0.15, -0.1) is 0 Å². The third kappa shape index (κ3) is 1.95. The molecule has 0 unspecified atom stereocenters. The molecule has 0 radical (unpaired) electrons. The fraction of sp³-hybridized carbons (Fsp3) is 0.600. The molecule has 1 aromatic carbocycles. The van der Waals surface area contributed by atoms with Crippen LogP contribution in [0, 0.1) is 16.7 Å². The second-order valence-corrected chi connectivity index (χ2v) is 8.23. The fourth-order valence-corrected chi connectivity index (χ4v) is 6.22. The molecule has 1 aromatic rings. The zero-order valence-electron chi connectivity index (χ0n) is 13.8. The number of fused-ring (bicyclic) bond motifs is 5. The lowest BCUT2D eigenvalue weighted by Crippen LogP contribution is -2.47. The highest BCUT2D eigenvalue weighted by Gasteiger charge is 2.59. The first-order valence-corrected chi connectivity index (χ1v) is 8.73. The molecule has 0 amide bonds. The molecule has 2 saturated carbocycles. The lowest BCUT2D eigenvalue weighted by atomic mass is 9.48. The zero-order valence-corrected chi connectivity index (χ0v) is 13.8. The zero-order chi connectivity index (χ0) is 16.4. The van der Waals surface area contributed by atoms with Crippen LogP contribution in [0.15, 0.2) is 29.9 Å². The number of rotatable bonds is 0. The predicted molar refractivity (Wildman–Crippen MR) is 86.6 cm³/mol. The van der Waals surface area contributed by atoms with Crippen molar-refractivity contribution in [3.05, 3.63) is 41.0 Å². The Hall–Kier alpha value is -1.38. The smallest absolute Gasteiger partial charge is 0.270 e. The Morgan fingerprint density at radius 1 is 1.13 bits per heavy atom. The van der Waals surface area contributed by atoms with Gasteiger partial charge in [0.25, 0.3) is 6.08 Å². The molecular formula is C20H24F2O. The van der Waals surface area contributed by atoms with E-state index in [1.165, 1.54) is 11.1 Å². The Morgan fingerprint density at radius 2 is 1.91 bits per heavy atom. The number of halogens is 2. The van der Waals surface area contributed by atoms with Gasteiger partial charge in [0.05, 0.1) is 0 Å². The maximum Gasteiger partial charge on any atom is 0.270 e. The van der Waals surface area contributed by atoms with Crippen molar-refractivity contribution in [1.82, 2.24) is 0 Å². The number of aryl methyl sites for hydroxylation is 1. The van der Waals surface area contributed by atoms with Gasteiger partial charge < -0.3 is 5.11 Å². The topological polar surface area (TPSA) is 20.2 Å². The third-order valence-electron chi connectivity index (χ3n) is 7.35. The van der Waals surface area contributed by atoms with E-state index >= 15 is 0 Å². The van der Waals surface area contributed by atoms with E-state index in [4.69, 9.17) is 0 Å². The minimum absolute atomic E-state index is 0.0914. The van der Waals surface area contributed by atoms with Crippen LogP contribution in [0.3, 0.4) is 0 Å². The SMILES string of the molecule is C[C@]12CCc3cc(O)ccc3[C@H]1CC[C@]1(C)C(=C(F)F)CC[C@@H]21. The normalized spacial score (nSPS) is 38.7. The maximum absolute atomic E-state index is 13.4. The molecule has 3 aliphatic carbocycles. The van der Waals surface area contributed by atoms with E-state index in [1.807, 2.05) is 6.07 Å². The minimum atomic E-state index is -1.43. The third-order valence-corrected chi connectivity index (χ3v) is 7.35. The summed E-state index contributed by atoms with van der Waals surface area (Å²) in [4.78, 5) is 0. The van der Waals surface area contributed by atoms with Crippen LogP contribution in [0.5, 0.6) is 5.75 Å². The van der Waals surface area contributed by atoms with Crippen LogP contribution in [0.4, 0.5) is 8.78 Å². The van der Waals surface area contributed by atoms with Gasteiger partial charge >= 0.3 is 0 Å². The molecular weight excluding hydrogens is 294 g/mol. The molecule has 23 heavy (non-hydrogen) atoms. The Balaban J connectivity index is 1.79. The first kappa shape index (κ1) is 15.2. The van der Waals surface area contributed by atoms with Crippen LogP contribution >= 0.6 is 0 Å². The Bertz CT molecular complexity index is 691. The highest BCUT2D eigenvalue weighted by molar-refractivity contribution is 5.42. The number of allylic oxidation sites excluding steroid dienone is 1. The average Bonchev–Trinajstić information content (AvgIpc) is 2.85. The van der Waals surface area contributed by atoms with Gasteiger partial charge in [-0.2, -0.15) is 8.78 Å². The number of hydrogen-bond acceptors (Lipinski definition) is 1. The van der Waals surface area contributed by atoms with Crippen LogP contribution in [0.2, 0.25) is 0 Å². The second kappa shape index (κ2) is 4.81. The lowest BCUT2D eigenvalue weighted by Gasteiger charge is -2.56. The summed E-state index contributed by atoms with van der Waals surface area (Å²) in [7, 11) is 0. The van der Waals surface area contributed by atoms with Gasteiger partial charge in [-0.1, -0.05) is 19.9 Å². The number of benzene rings is 1. The van der Waals surface area contributed by atoms with E-state index in [9.17, 15) is 13.9 Å². The summed E-state index contributed by atoms with van der Waals surface area (Å²) in [6.45, 7) is 4.40. The molecule has 1 nitrogen and oxygen atoms in total. The van der Waals surface area contributed by atoms with Crippen LogP contribution in [-0.4, -0.2) is 5.11 Å². The van der Waals surface area contributed by atoms with Crippen molar-refractivity contribution in [3.63, 3.8) is 0 Å². The Labute approximate surface area is 136 Å². The summed E-state index contributed by atoms with van der Waals surface area (Å²) in [5.74, 6) is 1.11. The minimum Gasteiger partial charge on any atom is -0.508 e. The quantitative estimate of drug-likeness (QED) is 0.642. The molecule has 124 valence electrons. The number of phenols is 1. The van der Waals surface area contributed by atoms with Gasteiger partial charge in [0, 0.05) is 5.57 Å². The van der Waals surface area contributed by atoms with E-state index in [0.29, 0.717) is 29.6 Å². The van der Waals surface area contributed by atoms with Crippen molar-refractivity contribution in [3.8, 4) is 5.75 Å². The second-order valence-electron chi connectivity index (χ2n) is 8.23. The lowest BCUT2D eigenvalue weighted by molar-refractivity contribution is -0.00491. The van der Waals surface area contributed by atoms with Crippen molar-refractivity contribution in [2.24, 2.45) is 16.7 Å². The molecule has 3 heteroatoms. The van der Waals surface area contributed by atoms with Crippen molar-refractivity contribution in [2.75, 3.05) is 0 Å². The molecule has 0 aromatic heterocycles. The highest BCUT2D eigenvalue weighted by Crippen LogP contribution is 2.68. The Morgan fingerprint density at radius 3 is 2.65 bits per heavy atom. The largest absolute Gasteiger partial charge is 0.508 e. The summed E-state index contributed by atoms with van der Waals surface area (Å²) in [5, 5.41) is 9.75. The van der Waals surface area contributed by atoms with Crippen molar-refractivity contribution < 1.29 is 13.9 Å². The van der Waals surface area contributed by atoms with E-state index < -0.39 is 6.08 Å². The molecule has 0 heterocycles. The molecule has 1 N–H and O–H groups in total. The summed E-state index contributed by atoms with van der Waals surface area (Å²) in [6, 6.07) is 5.74. The molecule has 2 fully saturated rings. The van der Waals surface area contributed by atoms with Crippen LogP contribution in [0.25, 0.3) is 0 Å². The maximum atomic E-state index is 13.4. The summed E-state index contributed by atoms with van der Waals surface area (Å²) in [6.07, 6.45) is 3.83. The summed E-state index contributed by atoms with van der Waals surface area (Å²) < 4.78 is 26.9. The first-order valence-electron chi connectivity index (χ1n) is 8.73. The number of aromatic hydroxyl groups is 1. The van der Waals surface area contributed by atoms with Gasteiger partial charge in [-0.05, 0) is 84.5 Å². The predicted octanol–water partition coefficient (Wildman–Crippen LogP) is 5.79. The number of phenolic OH excluding ortho intramolecular Hbond substituents is 1. The first-order chi connectivity index (χ1) is 10.9. The molecule has 0 saturated heterocycles. The van der Waals surface area contributed by atoms with E-state index in [2.05, 4.69) is 19.9 Å². The molecule has 4 rings (SSSR count). The fourth-order valence-electron chi connectivity index (χ4n) is 6.22. The molecule has 0 aliphatic heterocycles. The van der Waals surface area contributed by atoms with Gasteiger partial charge in [0.15, 0.2) is 0 Å². The standard InChI is InChI=1S/C20H24F2O/c1-19-9-7-12-11-13(23)3-4-14(12)15(19)8-10-20(2)16(18(21)22)5-6-17(19)20/h3-4,11,15,17,23H,5-10H2,1-2H3/t15-,17+,19+,20-/m1/s1. The van der Waals surface area contributed by atoms with Gasteiger partial charge in [-0.25, -0.2) is 0 Å². The van der Waals surface area contributed by atoms with Crippen LogP contribution in [0.1, 0.15) is 63.0 Å². The monoisotopic (exact) mass is 318 g/mol. The molecule has 0 spiro atoms. The van der Waals surface area contributed by atoms with Crippen LogP contribution < -0.4 is 0 Å². The van der Waals surface area contributed by atoms with Gasteiger partial charge in [-0.3, -0.25) is 0 Å². The van der Waals surface area contributed by atoms with Crippen LogP contribution in [-0.2, 0) is 6.42 Å². The number of hydrogen-bond donors (Lipinski definition) is 1. The van der Waals surface area contributed by atoms with E-state index in [0.717, 1.165) is 32.1 Å². The molecule has 3 aliphatic rings. The van der Waals surface area contributed by atoms with Gasteiger partial charge in [0.1, 0.15) is 5.75 Å². The van der Waals surface area contributed by atoms with Crippen molar-refractivity contribution in [1.29, 1.82) is 0 Å². The van der Waals surface area contributed by atoms with Crippen molar-refractivity contribution in [2.45, 2.75) is 58.3 Å². The molecule has 0 bridgehead atoms. The van der Waals surface area contributed by atoms with Gasteiger partial charge in [0.2, 0.25) is 0 Å². The van der Waals surface area contributed by atoms with E-state index in [1.54, 1.807) is 6.07 Å². The summed E-state index contributed by atoms with van der Waals surface area (Å²) in [5.41, 5.74) is 2.80. The highest BCUT2D eigenvalue weighted by atomic mass is 19.3. The Kier molecular flexibility index (Phi) is 3.17. The molecule has 4 atom stereocenters. The van der Waals surface area contributed by atoms with E-state index in [-0.39, 0.29) is 10.8 Å². The average molecular weight is 318 g/mol.